The lowest BCUT2D eigenvalue weighted by atomic mass is 10.2. The summed E-state index contributed by atoms with van der Waals surface area (Å²) in [6.45, 7) is 12.3. The van der Waals surface area contributed by atoms with Crippen LogP contribution in [0.15, 0.2) is 0 Å². The highest BCUT2D eigenvalue weighted by atomic mass is 35.5. The molecule has 0 rings (SSSR count). The lowest BCUT2D eigenvalue weighted by molar-refractivity contribution is -0.00000294. The summed E-state index contributed by atoms with van der Waals surface area (Å²) < 4.78 is 0. The van der Waals surface area contributed by atoms with Crippen molar-refractivity contribution >= 4 is 0 Å². The monoisotopic (exact) mass is 165 g/mol. The SMILES string of the molecule is CCN(C(C)C)C(C)C.[Cl-].[H+]. The second kappa shape index (κ2) is 5.99. The molecular formula is C8H20ClN. The van der Waals surface area contributed by atoms with Gasteiger partial charge in [0.15, 0.2) is 0 Å². The Morgan fingerprint density at radius 3 is 1.40 bits per heavy atom. The fraction of sp³-hybridized carbons (Fsp3) is 1.00. The third-order valence-corrected chi connectivity index (χ3v) is 1.69. The van der Waals surface area contributed by atoms with Crippen LogP contribution in [0.25, 0.3) is 0 Å². The van der Waals surface area contributed by atoms with Crippen molar-refractivity contribution in [2.75, 3.05) is 6.54 Å². The van der Waals surface area contributed by atoms with E-state index in [2.05, 4.69) is 39.5 Å². The third kappa shape index (κ3) is 4.13. The number of hydrogen-bond acceptors (Lipinski definition) is 1. The first-order valence-corrected chi connectivity index (χ1v) is 3.85. The lowest BCUT2D eigenvalue weighted by Gasteiger charge is -2.28. The molecule has 0 spiro atoms. The predicted octanol–water partition coefficient (Wildman–Crippen LogP) is -0.758. The van der Waals surface area contributed by atoms with Gasteiger partial charge in [-0.1, -0.05) is 6.92 Å². The van der Waals surface area contributed by atoms with Gasteiger partial charge in [-0.2, -0.15) is 0 Å². The molecule has 0 amide bonds. The van der Waals surface area contributed by atoms with Gasteiger partial charge in [-0.25, -0.2) is 0 Å². The fourth-order valence-corrected chi connectivity index (χ4v) is 1.33. The van der Waals surface area contributed by atoms with Gasteiger partial charge in [0.05, 0.1) is 0 Å². The van der Waals surface area contributed by atoms with Crippen LogP contribution in [0.3, 0.4) is 0 Å². The minimum atomic E-state index is 0. The highest BCUT2D eigenvalue weighted by Gasteiger charge is 2.08. The van der Waals surface area contributed by atoms with Crippen molar-refractivity contribution in [1.82, 2.24) is 4.90 Å². The van der Waals surface area contributed by atoms with Crippen LogP contribution < -0.4 is 12.4 Å². The molecule has 0 radical (unpaired) electrons. The summed E-state index contributed by atoms with van der Waals surface area (Å²) >= 11 is 0. The van der Waals surface area contributed by atoms with E-state index in [0.29, 0.717) is 12.1 Å². The zero-order chi connectivity index (χ0) is 7.44. The second-order valence-electron chi connectivity index (χ2n) is 3.02. The number of halogens is 1. The van der Waals surface area contributed by atoms with E-state index < -0.39 is 0 Å². The molecule has 0 heterocycles. The molecular weight excluding hydrogens is 146 g/mol. The van der Waals surface area contributed by atoms with E-state index in [9.17, 15) is 0 Å². The summed E-state index contributed by atoms with van der Waals surface area (Å²) in [5.74, 6) is 0. The zero-order valence-corrected chi connectivity index (χ0v) is 8.44. The van der Waals surface area contributed by atoms with Crippen molar-refractivity contribution in [1.29, 1.82) is 0 Å². The predicted molar refractivity (Wildman–Crippen MR) is 43.8 cm³/mol. The molecule has 2 heteroatoms. The first-order chi connectivity index (χ1) is 4.09. The topological polar surface area (TPSA) is 3.24 Å². The highest BCUT2D eigenvalue weighted by Crippen LogP contribution is 2.02. The van der Waals surface area contributed by atoms with E-state index in [0.717, 1.165) is 6.54 Å². The zero-order valence-electron chi connectivity index (χ0n) is 8.69. The van der Waals surface area contributed by atoms with Crippen molar-refractivity contribution in [3.63, 3.8) is 0 Å². The molecule has 0 aromatic heterocycles. The number of nitrogens with zero attached hydrogens (tertiary/aromatic N) is 1. The number of rotatable bonds is 3. The van der Waals surface area contributed by atoms with Gasteiger partial charge in [0, 0.05) is 12.1 Å². The Morgan fingerprint density at radius 2 is 1.40 bits per heavy atom. The standard InChI is InChI=1S/C8H19N.ClH/c1-6-9(7(2)3)8(4)5;/h7-8H,6H2,1-5H3;1H. The molecule has 10 heavy (non-hydrogen) atoms. The van der Waals surface area contributed by atoms with Gasteiger partial charge in [0.2, 0.25) is 0 Å². The Bertz CT molecular complexity index is 68.5. The van der Waals surface area contributed by atoms with Crippen molar-refractivity contribution in [3.8, 4) is 0 Å². The molecule has 0 aliphatic carbocycles. The van der Waals surface area contributed by atoms with Crippen molar-refractivity contribution < 1.29 is 13.8 Å². The quantitative estimate of drug-likeness (QED) is 0.532. The van der Waals surface area contributed by atoms with Crippen LogP contribution in [-0.4, -0.2) is 23.5 Å². The van der Waals surface area contributed by atoms with Gasteiger partial charge >= 0.3 is 1.43 Å². The molecule has 1 nitrogen and oxygen atoms in total. The summed E-state index contributed by atoms with van der Waals surface area (Å²) in [6, 6.07) is 1.38. The summed E-state index contributed by atoms with van der Waals surface area (Å²) in [6.07, 6.45) is 0. The van der Waals surface area contributed by atoms with Crippen LogP contribution in [0.2, 0.25) is 0 Å². The molecule has 0 aliphatic rings. The largest absolute Gasteiger partial charge is 1.00 e. The first-order valence-electron chi connectivity index (χ1n) is 3.85. The molecule has 64 valence electrons. The molecule has 0 unspecified atom stereocenters. The Morgan fingerprint density at radius 1 is 1.10 bits per heavy atom. The first kappa shape index (κ1) is 12.9. The maximum atomic E-state index is 2.46. The summed E-state index contributed by atoms with van der Waals surface area (Å²) in [4.78, 5) is 2.46. The molecule has 0 saturated carbocycles. The van der Waals surface area contributed by atoms with Crippen LogP contribution in [0.1, 0.15) is 36.0 Å². The number of hydrogen-bond donors (Lipinski definition) is 0. The van der Waals surface area contributed by atoms with Crippen molar-refractivity contribution in [2.24, 2.45) is 0 Å². The Balaban J connectivity index is -0.000000320. The van der Waals surface area contributed by atoms with Gasteiger partial charge in [-0.05, 0) is 34.2 Å². The summed E-state index contributed by atoms with van der Waals surface area (Å²) in [7, 11) is 0. The molecule has 0 aromatic carbocycles. The van der Waals surface area contributed by atoms with Gasteiger partial charge < -0.3 is 12.4 Å². The van der Waals surface area contributed by atoms with Crippen molar-refractivity contribution in [2.45, 2.75) is 46.7 Å². The molecule has 0 aliphatic heterocycles. The Labute approximate surface area is 72.7 Å². The molecule has 0 aromatic rings. The highest BCUT2D eigenvalue weighted by molar-refractivity contribution is 4.64. The maximum Gasteiger partial charge on any atom is 1.00 e. The minimum absolute atomic E-state index is 0. The molecule has 0 N–H and O–H groups in total. The van der Waals surface area contributed by atoms with Gasteiger partial charge in [0.1, 0.15) is 0 Å². The van der Waals surface area contributed by atoms with Crippen LogP contribution >= 0.6 is 0 Å². The molecule has 0 bridgehead atoms. The molecule has 0 atom stereocenters. The Hall–Kier alpha value is 0.250. The van der Waals surface area contributed by atoms with Crippen LogP contribution in [0.5, 0.6) is 0 Å². The van der Waals surface area contributed by atoms with Gasteiger partial charge in [-0.15, -0.1) is 0 Å². The fourth-order valence-electron chi connectivity index (χ4n) is 1.33. The van der Waals surface area contributed by atoms with E-state index in [1.807, 2.05) is 0 Å². The second-order valence-corrected chi connectivity index (χ2v) is 3.02. The van der Waals surface area contributed by atoms with Gasteiger partial charge in [-0.3, -0.25) is 4.90 Å². The van der Waals surface area contributed by atoms with Crippen LogP contribution in [0, 0.1) is 0 Å². The normalized spacial score (nSPS) is 10.8. The van der Waals surface area contributed by atoms with E-state index >= 15 is 0 Å². The molecule has 0 saturated heterocycles. The smallest absolute Gasteiger partial charge is 1.00 e. The van der Waals surface area contributed by atoms with Crippen LogP contribution in [0.4, 0.5) is 0 Å². The minimum Gasteiger partial charge on any atom is -1.00 e. The van der Waals surface area contributed by atoms with E-state index in [1.54, 1.807) is 0 Å². The van der Waals surface area contributed by atoms with E-state index in [1.165, 1.54) is 0 Å². The third-order valence-electron chi connectivity index (χ3n) is 1.69. The van der Waals surface area contributed by atoms with Gasteiger partial charge in [0.25, 0.3) is 0 Å². The van der Waals surface area contributed by atoms with Crippen molar-refractivity contribution in [3.05, 3.63) is 0 Å². The average molecular weight is 166 g/mol. The summed E-state index contributed by atoms with van der Waals surface area (Å²) in [5.41, 5.74) is 0. The molecule has 0 fully saturated rings. The summed E-state index contributed by atoms with van der Waals surface area (Å²) in [5, 5.41) is 0. The Kier molecular flexibility index (Phi) is 7.72. The van der Waals surface area contributed by atoms with E-state index in [-0.39, 0.29) is 13.8 Å². The average Bonchev–Trinajstić information content (AvgIpc) is 1.64. The van der Waals surface area contributed by atoms with Crippen LogP contribution in [-0.2, 0) is 0 Å². The lowest BCUT2D eigenvalue weighted by Crippen LogP contribution is -3.00. The van der Waals surface area contributed by atoms with E-state index in [4.69, 9.17) is 0 Å². The maximum absolute atomic E-state index is 2.46.